The van der Waals surface area contributed by atoms with Crippen LogP contribution in [0.4, 0.5) is 0 Å². The summed E-state index contributed by atoms with van der Waals surface area (Å²) in [5.41, 5.74) is 22.0. The third-order valence-corrected chi connectivity index (χ3v) is 5.87. The molecule has 1 fully saturated rings. The summed E-state index contributed by atoms with van der Waals surface area (Å²) in [5.74, 6) is -2.77. The Labute approximate surface area is 204 Å². The molecule has 0 aromatic heterocycles. The van der Waals surface area contributed by atoms with Gasteiger partial charge in [-0.3, -0.25) is 19.4 Å². The van der Waals surface area contributed by atoms with Gasteiger partial charge < -0.3 is 43.6 Å². The molecule has 0 aromatic rings. The van der Waals surface area contributed by atoms with Crippen molar-refractivity contribution in [3.63, 3.8) is 0 Å². The SMILES string of the molecule is NCCCCC(NC(=O)C(N)CCCN=C(N)N)C(=O)NC(CS)C(=O)N1CCCC1C(=O)O. The number of carbonyl (C=O) groups is 4. The van der Waals surface area contributed by atoms with Gasteiger partial charge in [0.2, 0.25) is 17.7 Å². The van der Waals surface area contributed by atoms with Gasteiger partial charge in [-0.1, -0.05) is 0 Å². The quantitative estimate of drug-likeness (QED) is 0.0509. The van der Waals surface area contributed by atoms with E-state index < -0.39 is 47.9 Å². The number of nitrogens with zero attached hydrogens (tertiary/aromatic N) is 2. The van der Waals surface area contributed by atoms with E-state index in [1.807, 2.05) is 0 Å². The van der Waals surface area contributed by atoms with Crippen LogP contribution in [0.5, 0.6) is 0 Å². The summed E-state index contributed by atoms with van der Waals surface area (Å²) >= 11 is 4.16. The molecule has 13 nitrogen and oxygen atoms in total. The van der Waals surface area contributed by atoms with Gasteiger partial charge in [0.1, 0.15) is 18.1 Å². The van der Waals surface area contributed by atoms with Crippen LogP contribution in [0, 0.1) is 0 Å². The van der Waals surface area contributed by atoms with Crippen molar-refractivity contribution in [3.8, 4) is 0 Å². The highest BCUT2D eigenvalue weighted by Crippen LogP contribution is 2.19. The van der Waals surface area contributed by atoms with Gasteiger partial charge in [-0.2, -0.15) is 12.6 Å². The second kappa shape index (κ2) is 15.3. The van der Waals surface area contributed by atoms with E-state index in [1.54, 1.807) is 0 Å². The molecular formula is C20H38N8O5S. The number of thiol groups is 1. The number of hydrogen-bond acceptors (Lipinski definition) is 8. The molecule has 34 heavy (non-hydrogen) atoms. The number of likely N-dealkylation sites (tertiary alicyclic amines) is 1. The number of guanidine groups is 1. The first kappa shape index (κ1) is 29.5. The first-order chi connectivity index (χ1) is 16.1. The lowest BCUT2D eigenvalue weighted by Crippen LogP contribution is -2.57. The van der Waals surface area contributed by atoms with Crippen LogP contribution in [-0.4, -0.2) is 89.2 Å². The number of carboxylic acids is 1. The Morgan fingerprint density at radius 2 is 1.74 bits per heavy atom. The molecule has 194 valence electrons. The number of nitrogens with one attached hydrogen (secondary N) is 2. The van der Waals surface area contributed by atoms with Crippen LogP contribution in [0.1, 0.15) is 44.9 Å². The third-order valence-electron chi connectivity index (χ3n) is 5.50. The number of aliphatic carboxylic acids is 1. The Bertz CT molecular complexity index is 734. The van der Waals surface area contributed by atoms with Gasteiger partial charge in [0, 0.05) is 18.8 Å². The zero-order chi connectivity index (χ0) is 25.7. The van der Waals surface area contributed by atoms with Crippen LogP contribution in [0.25, 0.3) is 0 Å². The zero-order valence-corrected chi connectivity index (χ0v) is 20.2. The highest BCUT2D eigenvalue weighted by Gasteiger charge is 2.38. The Kier molecular flexibility index (Phi) is 13.3. The van der Waals surface area contributed by atoms with E-state index in [-0.39, 0.29) is 11.7 Å². The number of amides is 3. The van der Waals surface area contributed by atoms with Crippen LogP contribution in [0.3, 0.4) is 0 Å². The monoisotopic (exact) mass is 502 g/mol. The van der Waals surface area contributed by atoms with E-state index in [0.717, 1.165) is 0 Å². The number of hydrogen-bond donors (Lipinski definition) is 8. The smallest absolute Gasteiger partial charge is 0.326 e. The van der Waals surface area contributed by atoms with Crippen molar-refractivity contribution in [2.45, 2.75) is 69.1 Å². The summed E-state index contributed by atoms with van der Waals surface area (Å²) in [6.07, 6.45) is 3.22. The van der Waals surface area contributed by atoms with Crippen molar-refractivity contribution >= 4 is 42.3 Å². The zero-order valence-electron chi connectivity index (χ0n) is 19.3. The molecule has 1 heterocycles. The fourth-order valence-electron chi connectivity index (χ4n) is 3.64. The van der Waals surface area contributed by atoms with Crippen molar-refractivity contribution in [2.24, 2.45) is 27.9 Å². The molecule has 0 aromatic carbocycles. The minimum atomic E-state index is -1.09. The van der Waals surface area contributed by atoms with Gasteiger partial charge in [-0.25, -0.2) is 4.79 Å². The maximum absolute atomic E-state index is 13.0. The second-order valence-corrected chi connectivity index (χ2v) is 8.54. The number of unbranched alkanes of at least 4 members (excludes halogenated alkanes) is 1. The van der Waals surface area contributed by atoms with E-state index in [0.29, 0.717) is 64.6 Å². The van der Waals surface area contributed by atoms with E-state index in [2.05, 4.69) is 28.3 Å². The van der Waals surface area contributed by atoms with Crippen molar-refractivity contribution < 1.29 is 24.3 Å². The molecule has 3 amide bonds. The summed E-state index contributed by atoms with van der Waals surface area (Å²) in [5, 5.41) is 14.6. The molecular weight excluding hydrogens is 464 g/mol. The molecule has 4 unspecified atom stereocenters. The number of carboxylic acid groups (broad SMARTS) is 1. The maximum atomic E-state index is 13.0. The standard InChI is InChI=1S/C20H38N8O5S/c21-8-2-1-6-13(26-16(29)12(22)5-3-9-25-20(23)24)17(30)27-14(11-34)18(31)28-10-4-7-15(28)19(32)33/h12-15,34H,1-11,21-22H2,(H,26,29)(H,27,30)(H,32,33)(H4,23,24,25). The third kappa shape index (κ3) is 9.73. The van der Waals surface area contributed by atoms with E-state index in [1.165, 1.54) is 4.90 Å². The van der Waals surface area contributed by atoms with Gasteiger partial charge in [0.15, 0.2) is 5.96 Å². The molecule has 0 radical (unpaired) electrons. The van der Waals surface area contributed by atoms with Gasteiger partial charge >= 0.3 is 5.97 Å². The molecule has 1 saturated heterocycles. The minimum Gasteiger partial charge on any atom is -0.480 e. The van der Waals surface area contributed by atoms with Crippen molar-refractivity contribution in [1.82, 2.24) is 15.5 Å². The molecule has 1 aliphatic heterocycles. The largest absolute Gasteiger partial charge is 0.480 e. The molecule has 0 spiro atoms. The average molecular weight is 503 g/mol. The number of aliphatic imine (C=N–C) groups is 1. The molecule has 1 aliphatic rings. The maximum Gasteiger partial charge on any atom is 0.326 e. The molecule has 0 saturated carbocycles. The second-order valence-electron chi connectivity index (χ2n) is 8.17. The predicted molar refractivity (Wildman–Crippen MR) is 131 cm³/mol. The molecule has 14 heteroatoms. The first-order valence-electron chi connectivity index (χ1n) is 11.4. The summed E-state index contributed by atoms with van der Waals surface area (Å²) in [7, 11) is 0. The normalized spacial score (nSPS) is 18.0. The van der Waals surface area contributed by atoms with Crippen molar-refractivity contribution in [3.05, 3.63) is 0 Å². The summed E-state index contributed by atoms with van der Waals surface area (Å²) in [6, 6.07) is -3.77. The first-order valence-corrected chi connectivity index (χ1v) is 12.0. The number of rotatable bonds is 15. The van der Waals surface area contributed by atoms with Gasteiger partial charge in [-0.15, -0.1) is 0 Å². The lowest BCUT2D eigenvalue weighted by atomic mass is 10.1. The summed E-state index contributed by atoms with van der Waals surface area (Å²) in [6.45, 7) is 1.04. The highest BCUT2D eigenvalue weighted by molar-refractivity contribution is 7.80. The van der Waals surface area contributed by atoms with E-state index in [4.69, 9.17) is 22.9 Å². The summed E-state index contributed by atoms with van der Waals surface area (Å²) < 4.78 is 0. The molecule has 0 aliphatic carbocycles. The Hall–Kier alpha value is -2.58. The fraction of sp³-hybridized carbons (Fsp3) is 0.750. The Balaban J connectivity index is 2.79. The Morgan fingerprint density at radius 3 is 2.32 bits per heavy atom. The molecule has 0 bridgehead atoms. The van der Waals surface area contributed by atoms with Gasteiger partial charge in [0.25, 0.3) is 0 Å². The average Bonchev–Trinajstić information content (AvgIpc) is 3.29. The van der Waals surface area contributed by atoms with Gasteiger partial charge in [0.05, 0.1) is 6.04 Å². The van der Waals surface area contributed by atoms with Crippen LogP contribution in [0.15, 0.2) is 4.99 Å². The van der Waals surface area contributed by atoms with E-state index in [9.17, 15) is 24.3 Å². The van der Waals surface area contributed by atoms with Crippen molar-refractivity contribution in [1.29, 1.82) is 0 Å². The molecule has 11 N–H and O–H groups in total. The topological polar surface area (TPSA) is 232 Å². The lowest BCUT2D eigenvalue weighted by Gasteiger charge is -2.28. The summed E-state index contributed by atoms with van der Waals surface area (Å²) in [4.78, 5) is 54.9. The lowest BCUT2D eigenvalue weighted by molar-refractivity contribution is -0.149. The predicted octanol–water partition coefficient (Wildman–Crippen LogP) is -2.53. The van der Waals surface area contributed by atoms with Crippen LogP contribution in [0.2, 0.25) is 0 Å². The van der Waals surface area contributed by atoms with E-state index >= 15 is 0 Å². The van der Waals surface area contributed by atoms with Crippen LogP contribution >= 0.6 is 12.6 Å². The number of carbonyl (C=O) groups excluding carboxylic acids is 3. The fourth-order valence-corrected chi connectivity index (χ4v) is 3.88. The van der Waals surface area contributed by atoms with Crippen LogP contribution < -0.4 is 33.6 Å². The van der Waals surface area contributed by atoms with Crippen LogP contribution in [-0.2, 0) is 19.2 Å². The van der Waals surface area contributed by atoms with Gasteiger partial charge in [-0.05, 0) is 51.5 Å². The molecule has 4 atom stereocenters. The molecule has 1 rings (SSSR count). The highest BCUT2D eigenvalue weighted by atomic mass is 32.1. The number of nitrogens with two attached hydrogens (primary N) is 4. The minimum absolute atomic E-state index is 0.0266. The Morgan fingerprint density at radius 1 is 1.06 bits per heavy atom. The van der Waals surface area contributed by atoms with Crippen molar-refractivity contribution in [2.75, 3.05) is 25.4 Å².